The lowest BCUT2D eigenvalue weighted by Crippen LogP contribution is -2.42. The van der Waals surface area contributed by atoms with Crippen LogP contribution >= 0.6 is 0 Å². The van der Waals surface area contributed by atoms with E-state index in [1.54, 1.807) is 24.3 Å². The average Bonchev–Trinajstić information content (AvgIpc) is 3.10. The quantitative estimate of drug-likeness (QED) is 0.324. The Bertz CT molecular complexity index is 1290. The molecule has 4 aromatic rings. The number of hydrogen-bond donors (Lipinski definition) is 0. The fourth-order valence-corrected chi connectivity index (χ4v) is 4.90. The highest BCUT2D eigenvalue weighted by atomic mass is 19.1. The summed E-state index contributed by atoms with van der Waals surface area (Å²) in [4.78, 5) is 11.8. The molecule has 0 saturated carbocycles. The number of ether oxygens (including phenoxy) is 2. The van der Waals surface area contributed by atoms with Crippen molar-refractivity contribution >= 4 is 6.16 Å². The van der Waals surface area contributed by atoms with Crippen molar-refractivity contribution in [3.05, 3.63) is 108 Å². The standard InChI is InChI=1S/C28H18F2O3/c29-21-7-1-17(2-8-21)19-5-11-23-24-12-6-20(18-3-9-22(30)10-4-18)14-26(24)28(25(23)13-19)15-32-27(31)33-16-28/h1-14H,15-16H2. The highest BCUT2D eigenvalue weighted by Crippen LogP contribution is 2.52. The van der Waals surface area contributed by atoms with E-state index in [1.807, 2.05) is 12.1 Å². The second kappa shape index (κ2) is 7.27. The normalized spacial score (nSPS) is 15.5. The molecule has 33 heavy (non-hydrogen) atoms. The summed E-state index contributed by atoms with van der Waals surface area (Å²) in [5.41, 5.74) is 7.10. The first kappa shape index (κ1) is 19.7. The largest absolute Gasteiger partial charge is 0.508 e. The van der Waals surface area contributed by atoms with Gasteiger partial charge >= 0.3 is 6.16 Å². The molecule has 1 spiro atoms. The van der Waals surface area contributed by atoms with Gasteiger partial charge < -0.3 is 9.47 Å². The predicted molar refractivity (Wildman–Crippen MR) is 121 cm³/mol. The van der Waals surface area contributed by atoms with Crippen LogP contribution in [0.2, 0.25) is 0 Å². The molecule has 6 rings (SSSR count). The zero-order chi connectivity index (χ0) is 22.6. The van der Waals surface area contributed by atoms with E-state index in [2.05, 4.69) is 24.3 Å². The van der Waals surface area contributed by atoms with Gasteiger partial charge in [-0.3, -0.25) is 0 Å². The van der Waals surface area contributed by atoms with Gasteiger partial charge in [-0.1, -0.05) is 48.5 Å². The molecule has 5 heteroatoms. The topological polar surface area (TPSA) is 35.5 Å². The minimum absolute atomic E-state index is 0.158. The summed E-state index contributed by atoms with van der Waals surface area (Å²) in [7, 11) is 0. The zero-order valence-corrected chi connectivity index (χ0v) is 17.5. The number of cyclic esters (lactones) is 2. The predicted octanol–water partition coefficient (Wildman–Crippen LogP) is 6.73. The monoisotopic (exact) mass is 440 g/mol. The molecule has 1 saturated heterocycles. The molecule has 162 valence electrons. The lowest BCUT2D eigenvalue weighted by atomic mass is 9.78. The summed E-state index contributed by atoms with van der Waals surface area (Å²) in [5.74, 6) is -0.575. The van der Waals surface area contributed by atoms with E-state index in [0.717, 1.165) is 44.5 Å². The lowest BCUT2D eigenvalue weighted by Gasteiger charge is -2.34. The highest BCUT2D eigenvalue weighted by molar-refractivity contribution is 5.86. The summed E-state index contributed by atoms with van der Waals surface area (Å²) < 4.78 is 37.7. The molecule has 1 aliphatic carbocycles. The van der Waals surface area contributed by atoms with Crippen LogP contribution in [-0.4, -0.2) is 19.4 Å². The van der Waals surface area contributed by atoms with Gasteiger partial charge in [-0.25, -0.2) is 13.6 Å². The Hall–Kier alpha value is -3.99. The Morgan fingerprint density at radius 1 is 0.576 bits per heavy atom. The van der Waals surface area contributed by atoms with Crippen molar-refractivity contribution in [3.8, 4) is 33.4 Å². The van der Waals surface area contributed by atoms with E-state index < -0.39 is 11.6 Å². The van der Waals surface area contributed by atoms with Crippen molar-refractivity contribution in [1.29, 1.82) is 0 Å². The first-order valence-electron chi connectivity index (χ1n) is 10.6. The van der Waals surface area contributed by atoms with E-state index in [-0.39, 0.29) is 24.8 Å². The van der Waals surface area contributed by atoms with Crippen molar-refractivity contribution < 1.29 is 23.0 Å². The molecule has 1 heterocycles. The van der Waals surface area contributed by atoms with Gasteiger partial charge in [0.2, 0.25) is 0 Å². The van der Waals surface area contributed by atoms with Gasteiger partial charge in [-0.05, 0) is 80.9 Å². The van der Waals surface area contributed by atoms with E-state index >= 15 is 0 Å². The van der Waals surface area contributed by atoms with Gasteiger partial charge in [0, 0.05) is 0 Å². The summed E-state index contributed by atoms with van der Waals surface area (Å²) in [6.45, 7) is 0.317. The zero-order valence-electron chi connectivity index (χ0n) is 17.5. The van der Waals surface area contributed by atoms with Gasteiger partial charge in [-0.2, -0.15) is 0 Å². The molecule has 0 radical (unpaired) electrons. The number of rotatable bonds is 2. The van der Waals surface area contributed by atoms with Crippen LogP contribution in [0.3, 0.4) is 0 Å². The Morgan fingerprint density at radius 2 is 0.970 bits per heavy atom. The minimum Gasteiger partial charge on any atom is -0.433 e. The lowest BCUT2D eigenvalue weighted by molar-refractivity contribution is -0.0140. The van der Waals surface area contributed by atoms with Crippen LogP contribution in [0.15, 0.2) is 84.9 Å². The Balaban J connectivity index is 1.52. The molecule has 3 nitrogen and oxygen atoms in total. The van der Waals surface area contributed by atoms with Gasteiger partial charge in [-0.15, -0.1) is 0 Å². The maximum absolute atomic E-state index is 13.4. The van der Waals surface area contributed by atoms with Crippen LogP contribution in [0.1, 0.15) is 11.1 Å². The maximum Gasteiger partial charge on any atom is 0.508 e. The first-order chi connectivity index (χ1) is 16.0. The second-order valence-electron chi connectivity index (χ2n) is 8.44. The number of hydrogen-bond acceptors (Lipinski definition) is 3. The van der Waals surface area contributed by atoms with E-state index in [1.165, 1.54) is 24.3 Å². The second-order valence-corrected chi connectivity index (χ2v) is 8.44. The number of carbonyl (C=O) groups is 1. The minimum atomic E-state index is -0.681. The van der Waals surface area contributed by atoms with Crippen LogP contribution in [0.4, 0.5) is 13.6 Å². The van der Waals surface area contributed by atoms with Crippen molar-refractivity contribution in [3.63, 3.8) is 0 Å². The summed E-state index contributed by atoms with van der Waals surface area (Å²) >= 11 is 0. The molecule has 0 bridgehead atoms. The summed E-state index contributed by atoms with van der Waals surface area (Å²) in [6.07, 6.45) is -0.681. The fourth-order valence-electron chi connectivity index (χ4n) is 4.90. The fraction of sp³-hybridized carbons (Fsp3) is 0.107. The third-order valence-corrected chi connectivity index (χ3v) is 6.59. The molecule has 0 N–H and O–H groups in total. The summed E-state index contributed by atoms with van der Waals surface area (Å²) in [6, 6.07) is 25.0. The molecular formula is C28H18F2O3. The number of fused-ring (bicyclic) bond motifs is 5. The van der Waals surface area contributed by atoms with Crippen LogP contribution < -0.4 is 0 Å². The Kier molecular flexibility index (Phi) is 4.34. The third kappa shape index (κ3) is 3.11. The molecular weight excluding hydrogens is 422 g/mol. The van der Waals surface area contributed by atoms with E-state index in [4.69, 9.17) is 9.47 Å². The summed E-state index contributed by atoms with van der Waals surface area (Å²) in [5, 5.41) is 0. The van der Waals surface area contributed by atoms with Gasteiger partial charge in [0.1, 0.15) is 24.8 Å². The smallest absolute Gasteiger partial charge is 0.433 e. The van der Waals surface area contributed by atoms with Gasteiger partial charge in [0.25, 0.3) is 0 Å². The number of halogens is 2. The molecule has 0 amide bonds. The van der Waals surface area contributed by atoms with E-state index in [0.29, 0.717) is 0 Å². The SMILES string of the molecule is O=C1OCC2(CO1)c1cc(-c3ccc(F)cc3)ccc1-c1ccc(-c3ccc(F)cc3)cc12. The molecule has 1 fully saturated rings. The van der Waals surface area contributed by atoms with E-state index in [9.17, 15) is 13.6 Å². The average molecular weight is 440 g/mol. The maximum atomic E-state index is 13.4. The van der Waals surface area contributed by atoms with Crippen molar-refractivity contribution in [1.82, 2.24) is 0 Å². The van der Waals surface area contributed by atoms with Crippen LogP contribution in [0.25, 0.3) is 33.4 Å². The van der Waals surface area contributed by atoms with Crippen LogP contribution in [-0.2, 0) is 14.9 Å². The highest BCUT2D eigenvalue weighted by Gasteiger charge is 2.48. The number of carbonyl (C=O) groups excluding carboxylic acids is 1. The molecule has 1 aliphatic heterocycles. The van der Waals surface area contributed by atoms with Gasteiger partial charge in [0.05, 0.1) is 5.41 Å². The van der Waals surface area contributed by atoms with Crippen molar-refractivity contribution in [2.45, 2.75) is 5.41 Å². The molecule has 0 unspecified atom stereocenters. The van der Waals surface area contributed by atoms with Crippen molar-refractivity contribution in [2.24, 2.45) is 0 Å². The van der Waals surface area contributed by atoms with Crippen LogP contribution in [0.5, 0.6) is 0 Å². The first-order valence-corrected chi connectivity index (χ1v) is 10.6. The molecule has 4 aromatic carbocycles. The van der Waals surface area contributed by atoms with Gasteiger partial charge in [0.15, 0.2) is 0 Å². The molecule has 0 aromatic heterocycles. The Labute approximate surface area is 189 Å². The molecule has 0 atom stereocenters. The van der Waals surface area contributed by atoms with Crippen LogP contribution in [0, 0.1) is 11.6 Å². The third-order valence-electron chi connectivity index (χ3n) is 6.59. The Morgan fingerprint density at radius 3 is 1.39 bits per heavy atom. The van der Waals surface area contributed by atoms with Crippen molar-refractivity contribution in [2.75, 3.05) is 13.2 Å². The number of benzene rings is 4. The molecule has 2 aliphatic rings.